The van der Waals surface area contributed by atoms with Gasteiger partial charge in [0.25, 0.3) is 0 Å². The number of nitrogens with one attached hydrogen (secondary N) is 1. The van der Waals surface area contributed by atoms with Gasteiger partial charge in [-0.15, -0.1) is 0 Å². The van der Waals surface area contributed by atoms with Crippen LogP contribution in [0.4, 0.5) is 5.69 Å². The van der Waals surface area contributed by atoms with Gasteiger partial charge in [-0.25, -0.2) is 0 Å². The molecule has 1 aromatic carbocycles. The van der Waals surface area contributed by atoms with Crippen molar-refractivity contribution < 1.29 is 4.74 Å². The van der Waals surface area contributed by atoms with Crippen molar-refractivity contribution in [2.24, 2.45) is 0 Å². The van der Waals surface area contributed by atoms with Crippen molar-refractivity contribution in [3.05, 3.63) is 29.8 Å². The first-order valence-corrected chi connectivity index (χ1v) is 6.83. The lowest BCUT2D eigenvalue weighted by Crippen LogP contribution is -2.50. The van der Waals surface area contributed by atoms with Crippen molar-refractivity contribution in [2.45, 2.75) is 38.4 Å². The minimum absolute atomic E-state index is 0.140. The molecule has 3 nitrogen and oxygen atoms in total. The topological polar surface area (TPSA) is 24.5 Å². The van der Waals surface area contributed by atoms with E-state index in [-0.39, 0.29) is 5.54 Å². The minimum atomic E-state index is 0.140. The van der Waals surface area contributed by atoms with Crippen LogP contribution >= 0.6 is 0 Å². The predicted molar refractivity (Wildman–Crippen MR) is 73.9 cm³/mol. The first-order chi connectivity index (χ1) is 8.66. The van der Waals surface area contributed by atoms with Gasteiger partial charge in [0.2, 0.25) is 0 Å². The molecule has 0 radical (unpaired) electrons. The molecule has 18 heavy (non-hydrogen) atoms. The van der Waals surface area contributed by atoms with E-state index in [0.29, 0.717) is 6.04 Å². The fourth-order valence-corrected chi connectivity index (χ4v) is 2.94. The lowest BCUT2D eigenvalue weighted by Gasteiger charge is -2.35. The van der Waals surface area contributed by atoms with Crippen LogP contribution < -0.4 is 10.2 Å². The Hall–Kier alpha value is -1.06. The molecule has 1 atom stereocenters. The summed E-state index contributed by atoms with van der Waals surface area (Å²) in [5.41, 5.74) is 2.92. The monoisotopic (exact) mass is 246 g/mol. The Kier molecular flexibility index (Phi) is 3.04. The van der Waals surface area contributed by atoms with Crippen molar-refractivity contribution in [1.29, 1.82) is 0 Å². The van der Waals surface area contributed by atoms with Gasteiger partial charge in [-0.3, -0.25) is 0 Å². The van der Waals surface area contributed by atoms with E-state index >= 15 is 0 Å². The predicted octanol–water partition coefficient (Wildman–Crippen LogP) is 2.16. The van der Waals surface area contributed by atoms with Crippen molar-refractivity contribution in [2.75, 3.05) is 24.7 Å². The molecule has 98 valence electrons. The fourth-order valence-electron chi connectivity index (χ4n) is 2.94. The highest BCUT2D eigenvalue weighted by molar-refractivity contribution is 5.56. The second-order valence-electron chi connectivity index (χ2n) is 6.01. The van der Waals surface area contributed by atoms with Gasteiger partial charge in [0.15, 0.2) is 0 Å². The molecule has 3 heteroatoms. The molecule has 3 rings (SSSR count). The number of hydrogen-bond acceptors (Lipinski definition) is 3. The largest absolute Gasteiger partial charge is 0.379 e. The van der Waals surface area contributed by atoms with Gasteiger partial charge in [-0.1, -0.05) is 18.2 Å². The van der Waals surface area contributed by atoms with Gasteiger partial charge >= 0.3 is 0 Å². The Labute approximate surface area is 109 Å². The van der Waals surface area contributed by atoms with Crippen LogP contribution in [-0.2, 0) is 11.3 Å². The standard InChI is InChI=1S/C15H22N2O/c1-15(2)11-17(13-7-8-18-10-13)14-6-4-3-5-12(14)9-16-15/h3-6,13,16H,7-11H2,1-2H3. The first kappa shape index (κ1) is 12.0. The normalized spacial score (nSPS) is 26.8. The molecule has 0 saturated carbocycles. The highest BCUT2D eigenvalue weighted by Crippen LogP contribution is 2.30. The molecule has 2 aliphatic rings. The van der Waals surface area contributed by atoms with Crippen molar-refractivity contribution in [1.82, 2.24) is 5.32 Å². The summed E-state index contributed by atoms with van der Waals surface area (Å²) in [6.45, 7) is 8.32. The van der Waals surface area contributed by atoms with Crippen LogP contribution in [0.25, 0.3) is 0 Å². The van der Waals surface area contributed by atoms with E-state index < -0.39 is 0 Å². The number of rotatable bonds is 1. The highest BCUT2D eigenvalue weighted by Gasteiger charge is 2.32. The highest BCUT2D eigenvalue weighted by atomic mass is 16.5. The number of anilines is 1. The number of ether oxygens (including phenoxy) is 1. The van der Waals surface area contributed by atoms with Crippen molar-refractivity contribution in [3.63, 3.8) is 0 Å². The third-order valence-corrected chi connectivity index (χ3v) is 3.97. The van der Waals surface area contributed by atoms with Crippen LogP contribution in [0, 0.1) is 0 Å². The SMILES string of the molecule is CC1(C)CN(C2CCOC2)c2ccccc2CN1. The van der Waals surface area contributed by atoms with Crippen molar-refractivity contribution in [3.8, 4) is 0 Å². The van der Waals surface area contributed by atoms with Crippen LogP contribution in [0.2, 0.25) is 0 Å². The van der Waals surface area contributed by atoms with E-state index in [1.54, 1.807) is 0 Å². The Morgan fingerprint density at radius 1 is 1.33 bits per heavy atom. The zero-order valence-corrected chi connectivity index (χ0v) is 11.3. The molecule has 2 aliphatic heterocycles. The molecule has 0 aliphatic carbocycles. The number of hydrogen-bond donors (Lipinski definition) is 1. The summed E-state index contributed by atoms with van der Waals surface area (Å²) in [7, 11) is 0. The molecule has 1 N–H and O–H groups in total. The summed E-state index contributed by atoms with van der Waals surface area (Å²) >= 11 is 0. The summed E-state index contributed by atoms with van der Waals surface area (Å²) in [4.78, 5) is 2.54. The molecule has 0 spiro atoms. The maximum atomic E-state index is 5.57. The van der Waals surface area contributed by atoms with E-state index in [4.69, 9.17) is 4.74 Å². The molecule has 1 fully saturated rings. The smallest absolute Gasteiger partial charge is 0.0670 e. The summed E-state index contributed by atoms with van der Waals surface area (Å²) in [5.74, 6) is 0. The van der Waals surface area contributed by atoms with E-state index in [9.17, 15) is 0 Å². The second kappa shape index (κ2) is 4.56. The Morgan fingerprint density at radius 3 is 2.94 bits per heavy atom. The molecular weight excluding hydrogens is 224 g/mol. The number of benzene rings is 1. The summed E-state index contributed by atoms with van der Waals surface area (Å²) in [6, 6.07) is 9.27. The number of nitrogens with zero attached hydrogens (tertiary/aromatic N) is 1. The van der Waals surface area contributed by atoms with Gasteiger partial charge < -0.3 is 15.0 Å². The number of fused-ring (bicyclic) bond motifs is 1. The third kappa shape index (κ3) is 2.25. The molecule has 1 saturated heterocycles. The van der Waals surface area contributed by atoms with Crippen LogP contribution in [-0.4, -0.2) is 31.3 Å². The zero-order valence-electron chi connectivity index (χ0n) is 11.3. The molecule has 1 unspecified atom stereocenters. The average molecular weight is 246 g/mol. The van der Waals surface area contributed by atoms with Crippen LogP contribution in [0.5, 0.6) is 0 Å². The third-order valence-electron chi connectivity index (χ3n) is 3.97. The van der Waals surface area contributed by atoms with Crippen LogP contribution in [0.1, 0.15) is 25.8 Å². The molecule has 0 bridgehead atoms. The van der Waals surface area contributed by atoms with Crippen molar-refractivity contribution >= 4 is 5.69 Å². The molecule has 2 heterocycles. The van der Waals surface area contributed by atoms with E-state index in [1.807, 2.05) is 0 Å². The maximum absolute atomic E-state index is 5.57. The Morgan fingerprint density at radius 2 is 2.17 bits per heavy atom. The Bertz CT molecular complexity index is 424. The number of para-hydroxylation sites is 1. The molecule has 1 aromatic rings. The quantitative estimate of drug-likeness (QED) is 0.822. The van der Waals surface area contributed by atoms with Gasteiger partial charge in [-0.2, -0.15) is 0 Å². The molecular formula is C15H22N2O. The molecule has 0 aromatic heterocycles. The van der Waals surface area contributed by atoms with Gasteiger partial charge in [0.05, 0.1) is 12.6 Å². The minimum Gasteiger partial charge on any atom is -0.379 e. The van der Waals surface area contributed by atoms with E-state index in [0.717, 1.165) is 32.7 Å². The van der Waals surface area contributed by atoms with Gasteiger partial charge in [-0.05, 0) is 31.9 Å². The summed E-state index contributed by atoms with van der Waals surface area (Å²) < 4.78 is 5.57. The van der Waals surface area contributed by atoms with Gasteiger partial charge in [0, 0.05) is 30.9 Å². The van der Waals surface area contributed by atoms with E-state index in [2.05, 4.69) is 48.3 Å². The lowest BCUT2D eigenvalue weighted by atomic mass is 10.0. The van der Waals surface area contributed by atoms with Gasteiger partial charge in [0.1, 0.15) is 0 Å². The summed E-state index contributed by atoms with van der Waals surface area (Å²) in [6.07, 6.45) is 1.14. The maximum Gasteiger partial charge on any atom is 0.0670 e. The van der Waals surface area contributed by atoms with E-state index in [1.165, 1.54) is 11.3 Å². The lowest BCUT2D eigenvalue weighted by molar-refractivity contribution is 0.192. The average Bonchev–Trinajstić information content (AvgIpc) is 2.84. The van der Waals surface area contributed by atoms with Crippen LogP contribution in [0.15, 0.2) is 24.3 Å². The summed E-state index contributed by atoms with van der Waals surface area (Å²) in [5, 5.41) is 3.65. The molecule has 0 amide bonds. The van der Waals surface area contributed by atoms with Crippen LogP contribution in [0.3, 0.4) is 0 Å². The fraction of sp³-hybridized carbons (Fsp3) is 0.600. The zero-order chi connectivity index (χ0) is 12.6. The Balaban J connectivity index is 1.97. The second-order valence-corrected chi connectivity index (χ2v) is 6.01. The first-order valence-electron chi connectivity index (χ1n) is 6.83.